The first-order valence-corrected chi connectivity index (χ1v) is 8.14. The van der Waals surface area contributed by atoms with Crippen molar-refractivity contribution < 1.29 is 24.5 Å². The fraction of sp³-hybridized carbons (Fsp3) is 0.588. The third-order valence-electron chi connectivity index (χ3n) is 3.40. The number of aliphatic hydroxyl groups excluding tert-OH is 1. The number of amides is 2. The molecule has 0 unspecified atom stereocenters. The van der Waals surface area contributed by atoms with Gasteiger partial charge in [0.25, 0.3) is 0 Å². The Hall–Kier alpha value is -2.35. The monoisotopic (exact) mass is 353 g/mol. The second kappa shape index (κ2) is 9.22. The van der Waals surface area contributed by atoms with E-state index in [1.165, 1.54) is 7.05 Å². The van der Waals surface area contributed by atoms with Crippen LogP contribution in [0.15, 0.2) is 12.1 Å². The quantitative estimate of drug-likeness (QED) is 0.618. The van der Waals surface area contributed by atoms with E-state index in [9.17, 15) is 9.59 Å². The number of hydrogen-bond donors (Lipinski definition) is 3. The maximum absolute atomic E-state index is 12.3. The van der Waals surface area contributed by atoms with Crippen molar-refractivity contribution in [3.05, 3.63) is 17.7 Å². The lowest BCUT2D eigenvalue weighted by Crippen LogP contribution is -2.30. The van der Waals surface area contributed by atoms with Crippen molar-refractivity contribution in [3.63, 3.8) is 0 Å². The summed E-state index contributed by atoms with van der Waals surface area (Å²) in [7, 11) is 1.44. The summed E-state index contributed by atoms with van der Waals surface area (Å²) in [6.07, 6.45) is 0.248. The van der Waals surface area contributed by atoms with E-state index in [0.717, 1.165) is 4.90 Å². The molecule has 0 aliphatic carbocycles. The number of aliphatic hydroxyl groups is 1. The Morgan fingerprint density at radius 1 is 1.28 bits per heavy atom. The van der Waals surface area contributed by atoms with E-state index in [1.807, 2.05) is 0 Å². The predicted molar refractivity (Wildman–Crippen MR) is 93.6 cm³/mol. The number of carbonyl (C=O) groups excluding carboxylic acids is 1. The third-order valence-corrected chi connectivity index (χ3v) is 3.40. The molecule has 0 aliphatic rings. The highest BCUT2D eigenvalue weighted by Crippen LogP contribution is 2.23. The lowest BCUT2D eigenvalue weighted by Gasteiger charge is -2.21. The van der Waals surface area contributed by atoms with Crippen molar-refractivity contribution in [1.29, 1.82) is 0 Å². The topological polar surface area (TPSA) is 112 Å². The molecule has 0 saturated carbocycles. The lowest BCUT2D eigenvalue weighted by molar-refractivity contribution is -0.123. The molecule has 1 aromatic rings. The molecule has 0 radical (unpaired) electrons. The van der Waals surface area contributed by atoms with Gasteiger partial charge in [0, 0.05) is 30.7 Å². The zero-order valence-electron chi connectivity index (χ0n) is 15.2. The number of rotatable bonds is 8. The normalized spacial score (nSPS) is 11.1. The predicted octanol–water partition coefficient (Wildman–Crippen LogP) is 2.33. The molecular weight excluding hydrogens is 326 g/mol. The number of nitrogens with one attached hydrogen (secondary N) is 1. The zero-order valence-corrected chi connectivity index (χ0v) is 15.2. The van der Waals surface area contributed by atoms with Crippen molar-refractivity contribution >= 4 is 17.8 Å². The van der Waals surface area contributed by atoms with Crippen LogP contribution in [0.4, 0.5) is 10.6 Å². The minimum atomic E-state index is -1.07. The molecule has 25 heavy (non-hydrogen) atoms. The Morgan fingerprint density at radius 2 is 1.96 bits per heavy atom. The van der Waals surface area contributed by atoms with Crippen molar-refractivity contribution in [1.82, 2.24) is 9.88 Å². The van der Waals surface area contributed by atoms with E-state index in [-0.39, 0.29) is 24.9 Å². The molecule has 0 spiro atoms. The summed E-state index contributed by atoms with van der Waals surface area (Å²) in [6, 6.07) is 3.32. The molecular formula is C17H27N3O5. The maximum Gasteiger partial charge on any atom is 0.407 e. The Kier molecular flexibility index (Phi) is 7.63. The SMILES string of the molecule is CN(Cc1ccc(OCCCCO)nc1NC(=O)C(C)(C)C)C(=O)O. The summed E-state index contributed by atoms with van der Waals surface area (Å²) in [5, 5.41) is 20.6. The summed E-state index contributed by atoms with van der Waals surface area (Å²) in [6.45, 7) is 5.92. The number of nitrogens with zero attached hydrogens (tertiary/aromatic N) is 2. The molecule has 1 rings (SSSR count). The number of carbonyl (C=O) groups is 2. The van der Waals surface area contributed by atoms with E-state index in [0.29, 0.717) is 30.9 Å². The van der Waals surface area contributed by atoms with Gasteiger partial charge < -0.3 is 25.2 Å². The fourth-order valence-electron chi connectivity index (χ4n) is 1.80. The molecule has 8 nitrogen and oxygen atoms in total. The molecule has 0 fully saturated rings. The van der Waals surface area contributed by atoms with Crippen molar-refractivity contribution in [2.24, 2.45) is 5.41 Å². The van der Waals surface area contributed by atoms with Crippen LogP contribution in [0, 0.1) is 5.41 Å². The molecule has 1 heterocycles. The van der Waals surface area contributed by atoms with Crippen LogP contribution in [-0.4, -0.2) is 52.4 Å². The third kappa shape index (κ3) is 6.96. The smallest absolute Gasteiger partial charge is 0.407 e. The van der Waals surface area contributed by atoms with Crippen LogP contribution in [0.1, 0.15) is 39.2 Å². The second-order valence-corrected chi connectivity index (χ2v) is 6.78. The first-order valence-electron chi connectivity index (χ1n) is 8.14. The molecule has 8 heteroatoms. The van der Waals surface area contributed by atoms with E-state index in [4.69, 9.17) is 14.9 Å². The van der Waals surface area contributed by atoms with Crippen LogP contribution < -0.4 is 10.1 Å². The van der Waals surface area contributed by atoms with Gasteiger partial charge in [-0.15, -0.1) is 0 Å². The summed E-state index contributed by atoms with van der Waals surface area (Å²) in [5.74, 6) is 0.396. The van der Waals surface area contributed by atoms with Gasteiger partial charge in [-0.1, -0.05) is 20.8 Å². The maximum atomic E-state index is 12.3. The molecule has 2 amide bonds. The van der Waals surface area contributed by atoms with Gasteiger partial charge in [0.1, 0.15) is 5.82 Å². The van der Waals surface area contributed by atoms with Crippen LogP contribution >= 0.6 is 0 Å². The van der Waals surface area contributed by atoms with Crippen molar-refractivity contribution in [2.45, 2.75) is 40.2 Å². The largest absolute Gasteiger partial charge is 0.478 e. The number of aromatic nitrogens is 1. The van der Waals surface area contributed by atoms with E-state index in [1.54, 1.807) is 32.9 Å². The molecule has 0 bridgehead atoms. The van der Waals surface area contributed by atoms with Gasteiger partial charge in [0.05, 0.1) is 13.2 Å². The summed E-state index contributed by atoms with van der Waals surface area (Å²) >= 11 is 0. The van der Waals surface area contributed by atoms with Crippen LogP contribution in [0.25, 0.3) is 0 Å². The van der Waals surface area contributed by atoms with Crippen molar-refractivity contribution in [3.8, 4) is 5.88 Å². The molecule has 0 aromatic carbocycles. The Morgan fingerprint density at radius 3 is 2.52 bits per heavy atom. The van der Waals surface area contributed by atoms with Gasteiger partial charge in [0.15, 0.2) is 0 Å². The van der Waals surface area contributed by atoms with Gasteiger partial charge in [-0.2, -0.15) is 4.98 Å². The van der Waals surface area contributed by atoms with Crippen LogP contribution in [0.5, 0.6) is 5.88 Å². The Bertz CT molecular complexity index is 598. The summed E-state index contributed by atoms with van der Waals surface area (Å²) in [4.78, 5) is 28.7. The number of pyridine rings is 1. The van der Waals surface area contributed by atoms with E-state index >= 15 is 0 Å². The minimum Gasteiger partial charge on any atom is -0.478 e. The van der Waals surface area contributed by atoms with Gasteiger partial charge in [-0.25, -0.2) is 4.79 Å². The first kappa shape index (κ1) is 20.7. The molecule has 0 aliphatic heterocycles. The molecule has 0 atom stereocenters. The van der Waals surface area contributed by atoms with Crippen LogP contribution in [0.3, 0.4) is 0 Å². The van der Waals surface area contributed by atoms with Gasteiger partial charge in [-0.05, 0) is 18.9 Å². The number of ether oxygens (including phenoxy) is 1. The van der Waals surface area contributed by atoms with Gasteiger partial charge in [0.2, 0.25) is 11.8 Å². The molecule has 0 saturated heterocycles. The zero-order chi connectivity index (χ0) is 19.0. The summed E-state index contributed by atoms with van der Waals surface area (Å²) < 4.78 is 5.52. The standard InChI is InChI=1S/C17H27N3O5/c1-17(2,3)15(22)19-14-12(11-20(4)16(23)24)7-8-13(18-14)25-10-6-5-9-21/h7-8,21H,5-6,9-11H2,1-4H3,(H,23,24)(H,18,19,22). The Balaban J connectivity index is 2.98. The highest BCUT2D eigenvalue weighted by molar-refractivity contribution is 5.94. The van der Waals surface area contributed by atoms with Crippen molar-refractivity contribution in [2.75, 3.05) is 25.6 Å². The second-order valence-electron chi connectivity index (χ2n) is 6.78. The van der Waals surface area contributed by atoms with Crippen LogP contribution in [0.2, 0.25) is 0 Å². The molecule has 3 N–H and O–H groups in total. The van der Waals surface area contributed by atoms with Gasteiger partial charge >= 0.3 is 6.09 Å². The van der Waals surface area contributed by atoms with E-state index in [2.05, 4.69) is 10.3 Å². The minimum absolute atomic E-state index is 0.0902. The average molecular weight is 353 g/mol. The summed E-state index contributed by atoms with van der Waals surface area (Å²) in [5.41, 5.74) is -0.0412. The number of unbranched alkanes of at least 4 members (excludes halogenated alkanes) is 1. The fourth-order valence-corrected chi connectivity index (χ4v) is 1.80. The van der Waals surface area contributed by atoms with Crippen LogP contribution in [-0.2, 0) is 11.3 Å². The Labute approximate surface area is 147 Å². The average Bonchev–Trinajstić information content (AvgIpc) is 2.52. The van der Waals surface area contributed by atoms with E-state index < -0.39 is 11.5 Å². The lowest BCUT2D eigenvalue weighted by atomic mass is 9.95. The number of hydrogen-bond acceptors (Lipinski definition) is 5. The number of carboxylic acid groups (broad SMARTS) is 1. The first-order chi connectivity index (χ1) is 11.6. The van der Waals surface area contributed by atoms with Gasteiger partial charge in [-0.3, -0.25) is 4.79 Å². The highest BCUT2D eigenvalue weighted by Gasteiger charge is 2.23. The molecule has 1 aromatic heterocycles. The highest BCUT2D eigenvalue weighted by atomic mass is 16.5. The molecule has 140 valence electrons. The number of anilines is 1.